The number of carbonyl (C=O) groups is 1. The number of hydrogen-bond acceptors (Lipinski definition) is 6. The van der Waals surface area contributed by atoms with Crippen molar-refractivity contribution in [3.8, 4) is 11.5 Å². The number of carbonyl (C=O) groups excluding carboxylic acids is 1. The van der Waals surface area contributed by atoms with Gasteiger partial charge in [0.05, 0.1) is 32.0 Å². The van der Waals surface area contributed by atoms with Crippen LogP contribution in [0, 0.1) is 0 Å². The van der Waals surface area contributed by atoms with E-state index in [0.717, 1.165) is 45.1 Å². The Morgan fingerprint density at radius 3 is 2.59 bits per heavy atom. The van der Waals surface area contributed by atoms with Gasteiger partial charge in [0.25, 0.3) is 0 Å². The normalized spacial score (nSPS) is 15.0. The fraction of sp³-hybridized carbons (Fsp3) is 0.545. The van der Waals surface area contributed by atoms with E-state index in [9.17, 15) is 13.2 Å². The van der Waals surface area contributed by atoms with Crippen molar-refractivity contribution < 1.29 is 22.7 Å². The Labute approximate surface area is 189 Å². The van der Waals surface area contributed by atoms with Crippen molar-refractivity contribution in [3.05, 3.63) is 36.9 Å². The third kappa shape index (κ3) is 6.01. The van der Waals surface area contributed by atoms with E-state index >= 15 is 0 Å². The predicted molar refractivity (Wildman–Crippen MR) is 120 cm³/mol. The standard InChI is InChI=1S/C22H32N4O5S/c1-30-20-10-9-19(15-21(20)31-2)32(28,29)26(18-7-4-3-5-8-18)16-22(27)24-11-6-13-25-14-12-23-17-25/h9-10,12,14-15,17-18H,3-8,11,13,16H2,1-2H3,(H,24,27). The van der Waals surface area contributed by atoms with Gasteiger partial charge < -0.3 is 19.4 Å². The van der Waals surface area contributed by atoms with E-state index < -0.39 is 10.0 Å². The van der Waals surface area contributed by atoms with Crippen molar-refractivity contribution in [1.29, 1.82) is 0 Å². The van der Waals surface area contributed by atoms with E-state index in [-0.39, 0.29) is 23.4 Å². The molecule has 0 saturated heterocycles. The molecule has 176 valence electrons. The zero-order chi connectivity index (χ0) is 23.0. The zero-order valence-corrected chi connectivity index (χ0v) is 19.5. The van der Waals surface area contributed by atoms with Crippen molar-refractivity contribution in [1.82, 2.24) is 19.2 Å². The SMILES string of the molecule is COc1ccc(S(=O)(=O)N(CC(=O)NCCCn2ccnc2)C2CCCCC2)cc1OC. The Morgan fingerprint density at radius 2 is 1.94 bits per heavy atom. The van der Waals surface area contributed by atoms with Crippen molar-refractivity contribution in [2.45, 2.75) is 56.0 Å². The number of hydrogen-bond donors (Lipinski definition) is 1. The van der Waals surface area contributed by atoms with Gasteiger partial charge in [0.2, 0.25) is 15.9 Å². The first-order chi connectivity index (χ1) is 15.5. The molecule has 2 aromatic rings. The largest absolute Gasteiger partial charge is 0.493 e. The van der Waals surface area contributed by atoms with Crippen LogP contribution >= 0.6 is 0 Å². The maximum absolute atomic E-state index is 13.6. The van der Waals surface area contributed by atoms with Crippen LogP contribution in [0.25, 0.3) is 0 Å². The lowest BCUT2D eigenvalue weighted by Gasteiger charge is -2.33. The second kappa shape index (κ2) is 11.3. The summed E-state index contributed by atoms with van der Waals surface area (Å²) in [7, 11) is -0.935. The molecule has 1 aromatic heterocycles. The van der Waals surface area contributed by atoms with Crippen LogP contribution in [-0.2, 0) is 21.4 Å². The van der Waals surface area contributed by atoms with Gasteiger partial charge in [-0.1, -0.05) is 19.3 Å². The highest BCUT2D eigenvalue weighted by Gasteiger charge is 2.34. The van der Waals surface area contributed by atoms with Gasteiger partial charge in [-0.3, -0.25) is 4.79 Å². The third-order valence-corrected chi connectivity index (χ3v) is 7.61. The molecule has 9 nitrogen and oxygen atoms in total. The van der Waals surface area contributed by atoms with Crippen LogP contribution in [0.3, 0.4) is 0 Å². The number of ether oxygens (including phenoxy) is 2. The fourth-order valence-corrected chi connectivity index (χ4v) is 5.65. The van der Waals surface area contributed by atoms with E-state index in [1.807, 2.05) is 10.8 Å². The molecule has 32 heavy (non-hydrogen) atoms. The van der Waals surface area contributed by atoms with Gasteiger partial charge in [-0.15, -0.1) is 0 Å². The van der Waals surface area contributed by atoms with Gasteiger partial charge in [0.15, 0.2) is 11.5 Å². The Balaban J connectivity index is 1.72. The van der Waals surface area contributed by atoms with Crippen molar-refractivity contribution >= 4 is 15.9 Å². The maximum atomic E-state index is 13.6. The highest BCUT2D eigenvalue weighted by Crippen LogP contribution is 2.33. The number of aromatic nitrogens is 2. The Hall–Kier alpha value is -2.59. The quantitative estimate of drug-likeness (QED) is 0.513. The van der Waals surface area contributed by atoms with E-state index in [4.69, 9.17) is 9.47 Å². The van der Waals surface area contributed by atoms with Crippen LogP contribution in [0.15, 0.2) is 41.8 Å². The van der Waals surface area contributed by atoms with Gasteiger partial charge in [0.1, 0.15) is 0 Å². The number of imidazole rings is 1. The van der Waals surface area contributed by atoms with E-state index in [1.165, 1.54) is 30.7 Å². The molecule has 1 aliphatic rings. The van der Waals surface area contributed by atoms with E-state index in [1.54, 1.807) is 18.6 Å². The summed E-state index contributed by atoms with van der Waals surface area (Å²) >= 11 is 0. The van der Waals surface area contributed by atoms with Gasteiger partial charge in [-0.2, -0.15) is 4.31 Å². The molecular formula is C22H32N4O5S. The Morgan fingerprint density at radius 1 is 1.19 bits per heavy atom. The third-order valence-electron chi connectivity index (χ3n) is 5.72. The molecule has 1 fully saturated rings. The smallest absolute Gasteiger partial charge is 0.243 e. The van der Waals surface area contributed by atoms with Gasteiger partial charge >= 0.3 is 0 Å². The minimum atomic E-state index is -3.89. The number of nitrogens with zero attached hydrogens (tertiary/aromatic N) is 3. The van der Waals surface area contributed by atoms with Crippen molar-refractivity contribution in [3.63, 3.8) is 0 Å². The second-order valence-electron chi connectivity index (χ2n) is 7.86. The second-order valence-corrected chi connectivity index (χ2v) is 9.75. The number of benzene rings is 1. The van der Waals surface area contributed by atoms with Crippen LogP contribution in [-0.4, -0.2) is 61.5 Å². The molecule has 0 spiro atoms. The number of nitrogens with one attached hydrogen (secondary N) is 1. The molecule has 0 radical (unpaired) electrons. The van der Waals surface area contributed by atoms with Gasteiger partial charge in [-0.05, 0) is 31.4 Å². The van der Waals surface area contributed by atoms with Gasteiger partial charge in [-0.25, -0.2) is 13.4 Å². The van der Waals surface area contributed by atoms with Crippen LogP contribution in [0.1, 0.15) is 38.5 Å². The number of methoxy groups -OCH3 is 2. The molecular weight excluding hydrogens is 432 g/mol. The molecule has 1 heterocycles. The molecule has 0 aliphatic heterocycles. The molecule has 0 bridgehead atoms. The summed E-state index contributed by atoms with van der Waals surface area (Å²) in [6, 6.07) is 4.32. The summed E-state index contributed by atoms with van der Waals surface area (Å²) in [4.78, 5) is 16.8. The lowest BCUT2D eigenvalue weighted by atomic mass is 9.95. The van der Waals surface area contributed by atoms with Crippen molar-refractivity contribution in [2.75, 3.05) is 27.3 Å². The number of rotatable bonds is 11. The number of sulfonamides is 1. The summed E-state index contributed by atoms with van der Waals surface area (Å²) in [5.41, 5.74) is 0. The minimum Gasteiger partial charge on any atom is -0.493 e. The minimum absolute atomic E-state index is 0.0913. The molecule has 1 amide bonds. The lowest BCUT2D eigenvalue weighted by molar-refractivity contribution is -0.121. The predicted octanol–water partition coefficient (Wildman–Crippen LogP) is 2.43. The topological polar surface area (TPSA) is 103 Å². The first-order valence-corrected chi connectivity index (χ1v) is 12.4. The maximum Gasteiger partial charge on any atom is 0.243 e. The average Bonchev–Trinajstić information content (AvgIpc) is 3.34. The zero-order valence-electron chi connectivity index (χ0n) is 18.7. The van der Waals surface area contributed by atoms with Crippen LogP contribution in [0.4, 0.5) is 0 Å². The molecule has 1 N–H and O–H groups in total. The molecule has 1 aromatic carbocycles. The van der Waals surface area contributed by atoms with E-state index in [0.29, 0.717) is 18.0 Å². The fourth-order valence-electron chi connectivity index (χ4n) is 4.00. The van der Waals surface area contributed by atoms with Crippen LogP contribution < -0.4 is 14.8 Å². The molecule has 10 heteroatoms. The molecule has 3 rings (SSSR count). The molecule has 1 aliphatic carbocycles. The summed E-state index contributed by atoms with van der Waals surface area (Å²) in [5, 5.41) is 2.86. The Kier molecular flexibility index (Phi) is 8.52. The van der Waals surface area contributed by atoms with Gasteiger partial charge in [0, 0.05) is 37.6 Å². The average molecular weight is 465 g/mol. The summed E-state index contributed by atoms with van der Waals surface area (Å²) in [6.45, 7) is 0.995. The summed E-state index contributed by atoms with van der Waals surface area (Å²) in [5.74, 6) is 0.484. The highest BCUT2D eigenvalue weighted by molar-refractivity contribution is 7.89. The molecule has 0 atom stereocenters. The van der Waals surface area contributed by atoms with Crippen LogP contribution in [0.5, 0.6) is 11.5 Å². The summed E-state index contributed by atoms with van der Waals surface area (Å²) < 4.78 is 40.9. The Bertz CT molecular complexity index is 972. The first kappa shape index (κ1) is 24.1. The van der Waals surface area contributed by atoms with E-state index in [2.05, 4.69) is 10.3 Å². The summed E-state index contributed by atoms with van der Waals surface area (Å²) in [6.07, 6.45) is 10.5. The first-order valence-electron chi connectivity index (χ1n) is 10.9. The molecule has 1 saturated carbocycles. The molecule has 0 unspecified atom stereocenters. The number of amides is 1. The van der Waals surface area contributed by atoms with Crippen LogP contribution in [0.2, 0.25) is 0 Å². The number of aryl methyl sites for hydroxylation is 1. The monoisotopic (exact) mass is 464 g/mol. The lowest BCUT2D eigenvalue weighted by Crippen LogP contribution is -2.47. The van der Waals surface area contributed by atoms with Crippen molar-refractivity contribution in [2.24, 2.45) is 0 Å². The highest BCUT2D eigenvalue weighted by atomic mass is 32.2.